The summed E-state index contributed by atoms with van der Waals surface area (Å²) >= 11 is 0. The Labute approximate surface area is 108 Å². The smallest absolute Gasteiger partial charge is 0.128 e. The average molecular weight is 252 g/mol. The summed E-state index contributed by atoms with van der Waals surface area (Å²) in [6.07, 6.45) is 0.980. The minimum atomic E-state index is -0.189. The Balaban J connectivity index is 2.25. The van der Waals surface area contributed by atoms with Crippen molar-refractivity contribution in [2.45, 2.75) is 31.5 Å². The zero-order valence-corrected chi connectivity index (χ0v) is 11.0. The molecule has 18 heavy (non-hydrogen) atoms. The number of benzene rings is 1. The molecular formula is C14H21FN2O. The molecule has 0 spiro atoms. The lowest BCUT2D eigenvalue weighted by Gasteiger charge is -2.35. The van der Waals surface area contributed by atoms with Gasteiger partial charge in [-0.15, -0.1) is 0 Å². The molecule has 0 saturated carbocycles. The third kappa shape index (κ3) is 2.71. The number of likely N-dealkylation sites (N-methyl/N-ethyl adjacent to an activating group) is 1. The highest BCUT2D eigenvalue weighted by Gasteiger charge is 2.30. The van der Waals surface area contributed by atoms with E-state index < -0.39 is 0 Å². The van der Waals surface area contributed by atoms with Crippen LogP contribution in [0.25, 0.3) is 0 Å². The number of rotatable bonds is 4. The van der Waals surface area contributed by atoms with E-state index in [2.05, 4.69) is 4.90 Å². The highest BCUT2D eigenvalue weighted by atomic mass is 19.1. The molecule has 1 aromatic carbocycles. The first kappa shape index (κ1) is 13.5. The van der Waals surface area contributed by atoms with Crippen molar-refractivity contribution in [1.29, 1.82) is 0 Å². The van der Waals surface area contributed by atoms with Gasteiger partial charge in [0.25, 0.3) is 0 Å². The van der Waals surface area contributed by atoms with E-state index in [4.69, 9.17) is 10.5 Å². The SMILES string of the molecule is CC(N)C(c1ccccc1F)N(C)C1CCOC1. The normalized spacial score (nSPS) is 23.3. The van der Waals surface area contributed by atoms with Crippen LogP contribution in [0.5, 0.6) is 0 Å². The maximum absolute atomic E-state index is 13.9. The first-order chi connectivity index (χ1) is 8.61. The van der Waals surface area contributed by atoms with Crippen molar-refractivity contribution in [3.05, 3.63) is 35.6 Å². The minimum Gasteiger partial charge on any atom is -0.380 e. The Morgan fingerprint density at radius 1 is 1.44 bits per heavy atom. The van der Waals surface area contributed by atoms with E-state index >= 15 is 0 Å². The molecule has 2 N–H and O–H groups in total. The van der Waals surface area contributed by atoms with Crippen molar-refractivity contribution in [3.63, 3.8) is 0 Å². The summed E-state index contributed by atoms with van der Waals surface area (Å²) in [5.74, 6) is -0.189. The van der Waals surface area contributed by atoms with E-state index in [-0.39, 0.29) is 17.9 Å². The van der Waals surface area contributed by atoms with E-state index in [0.717, 1.165) is 13.0 Å². The Hall–Kier alpha value is -0.970. The summed E-state index contributed by atoms with van der Waals surface area (Å²) < 4.78 is 19.3. The molecule has 4 heteroatoms. The molecule has 2 rings (SSSR count). The number of nitrogens with zero attached hydrogens (tertiary/aromatic N) is 1. The van der Waals surface area contributed by atoms with Crippen molar-refractivity contribution < 1.29 is 9.13 Å². The Morgan fingerprint density at radius 2 is 2.17 bits per heavy atom. The molecule has 3 nitrogen and oxygen atoms in total. The number of hydrogen-bond donors (Lipinski definition) is 1. The molecule has 0 aromatic heterocycles. The van der Waals surface area contributed by atoms with Gasteiger partial charge in [0.2, 0.25) is 0 Å². The van der Waals surface area contributed by atoms with Crippen LogP contribution in [0, 0.1) is 5.82 Å². The fourth-order valence-electron chi connectivity index (χ4n) is 2.66. The van der Waals surface area contributed by atoms with Crippen LogP contribution in [0.15, 0.2) is 24.3 Å². The summed E-state index contributed by atoms with van der Waals surface area (Å²) in [7, 11) is 2.00. The molecule has 1 aromatic rings. The van der Waals surface area contributed by atoms with Gasteiger partial charge < -0.3 is 10.5 Å². The summed E-state index contributed by atoms with van der Waals surface area (Å²) in [6, 6.07) is 6.94. The van der Waals surface area contributed by atoms with Crippen molar-refractivity contribution in [3.8, 4) is 0 Å². The van der Waals surface area contributed by atoms with Crippen LogP contribution >= 0.6 is 0 Å². The van der Waals surface area contributed by atoms with Crippen LogP contribution in [0.3, 0.4) is 0 Å². The Bertz CT molecular complexity index is 391. The molecule has 1 saturated heterocycles. The molecule has 0 aliphatic carbocycles. The monoisotopic (exact) mass is 252 g/mol. The third-order valence-electron chi connectivity index (χ3n) is 3.64. The van der Waals surface area contributed by atoms with Crippen LogP contribution in [0.2, 0.25) is 0 Å². The highest BCUT2D eigenvalue weighted by molar-refractivity contribution is 5.23. The fraction of sp³-hybridized carbons (Fsp3) is 0.571. The lowest BCUT2D eigenvalue weighted by atomic mass is 9.97. The molecule has 0 amide bonds. The first-order valence-electron chi connectivity index (χ1n) is 6.41. The average Bonchev–Trinajstić information content (AvgIpc) is 2.85. The Kier molecular flexibility index (Phi) is 4.32. The van der Waals surface area contributed by atoms with Gasteiger partial charge in [-0.3, -0.25) is 4.90 Å². The van der Waals surface area contributed by atoms with Gasteiger partial charge in [-0.25, -0.2) is 4.39 Å². The molecule has 1 aliphatic rings. The summed E-state index contributed by atoms with van der Waals surface area (Å²) in [6.45, 7) is 3.40. The zero-order chi connectivity index (χ0) is 13.1. The largest absolute Gasteiger partial charge is 0.380 e. The lowest BCUT2D eigenvalue weighted by Crippen LogP contribution is -2.43. The van der Waals surface area contributed by atoms with Gasteiger partial charge in [-0.1, -0.05) is 18.2 Å². The maximum Gasteiger partial charge on any atom is 0.128 e. The topological polar surface area (TPSA) is 38.5 Å². The van der Waals surface area contributed by atoms with Gasteiger partial charge in [0.1, 0.15) is 5.82 Å². The van der Waals surface area contributed by atoms with Crippen molar-refractivity contribution in [2.75, 3.05) is 20.3 Å². The van der Waals surface area contributed by atoms with Crippen LogP contribution in [-0.2, 0) is 4.74 Å². The maximum atomic E-state index is 13.9. The fourth-order valence-corrected chi connectivity index (χ4v) is 2.66. The van der Waals surface area contributed by atoms with Gasteiger partial charge in [0.15, 0.2) is 0 Å². The van der Waals surface area contributed by atoms with E-state index in [1.165, 1.54) is 6.07 Å². The number of hydrogen-bond acceptors (Lipinski definition) is 3. The second-order valence-corrected chi connectivity index (χ2v) is 5.01. The molecule has 3 atom stereocenters. The predicted octanol–water partition coefficient (Wildman–Crippen LogP) is 1.93. The van der Waals surface area contributed by atoms with Crippen molar-refractivity contribution in [2.24, 2.45) is 5.73 Å². The van der Waals surface area contributed by atoms with Crippen molar-refractivity contribution >= 4 is 0 Å². The van der Waals surface area contributed by atoms with Gasteiger partial charge >= 0.3 is 0 Å². The van der Waals surface area contributed by atoms with Gasteiger partial charge in [0.05, 0.1) is 12.6 Å². The second kappa shape index (κ2) is 5.78. The molecule has 100 valence electrons. The zero-order valence-electron chi connectivity index (χ0n) is 11.0. The molecule has 0 bridgehead atoms. The van der Waals surface area contributed by atoms with Crippen LogP contribution < -0.4 is 5.73 Å². The van der Waals surface area contributed by atoms with Gasteiger partial charge in [-0.2, -0.15) is 0 Å². The second-order valence-electron chi connectivity index (χ2n) is 5.01. The van der Waals surface area contributed by atoms with E-state index in [1.54, 1.807) is 6.07 Å². The third-order valence-corrected chi connectivity index (χ3v) is 3.64. The van der Waals surface area contributed by atoms with Crippen LogP contribution in [-0.4, -0.2) is 37.2 Å². The van der Waals surface area contributed by atoms with Crippen LogP contribution in [0.1, 0.15) is 24.9 Å². The van der Waals surface area contributed by atoms with Crippen molar-refractivity contribution in [1.82, 2.24) is 4.90 Å². The van der Waals surface area contributed by atoms with Crippen LogP contribution in [0.4, 0.5) is 4.39 Å². The lowest BCUT2D eigenvalue weighted by molar-refractivity contribution is 0.121. The quantitative estimate of drug-likeness (QED) is 0.890. The standard InChI is InChI=1S/C14H21FN2O/c1-10(16)14(12-5-3-4-6-13(12)15)17(2)11-7-8-18-9-11/h3-6,10-11,14H,7-9,16H2,1-2H3. The van der Waals surface area contributed by atoms with E-state index in [1.807, 2.05) is 26.1 Å². The van der Waals surface area contributed by atoms with Gasteiger partial charge in [-0.05, 0) is 26.5 Å². The molecular weight excluding hydrogens is 231 g/mol. The minimum absolute atomic E-state index is 0.113. The molecule has 1 aliphatic heterocycles. The first-order valence-corrected chi connectivity index (χ1v) is 6.41. The number of nitrogens with two attached hydrogens (primary N) is 1. The Morgan fingerprint density at radius 3 is 2.72 bits per heavy atom. The summed E-state index contributed by atoms with van der Waals surface area (Å²) in [5.41, 5.74) is 6.73. The molecule has 1 heterocycles. The predicted molar refractivity (Wildman–Crippen MR) is 69.8 cm³/mol. The van der Waals surface area contributed by atoms with E-state index in [0.29, 0.717) is 18.2 Å². The summed E-state index contributed by atoms with van der Waals surface area (Å²) in [4.78, 5) is 2.15. The highest BCUT2D eigenvalue weighted by Crippen LogP contribution is 2.28. The summed E-state index contributed by atoms with van der Waals surface area (Å²) in [5, 5.41) is 0. The van der Waals surface area contributed by atoms with Gasteiger partial charge in [0, 0.05) is 24.3 Å². The van der Waals surface area contributed by atoms with E-state index in [9.17, 15) is 4.39 Å². The molecule has 0 radical (unpaired) electrons. The number of ether oxygens (including phenoxy) is 1. The number of halogens is 1. The molecule has 1 fully saturated rings. The molecule has 3 unspecified atom stereocenters.